The van der Waals surface area contributed by atoms with Crippen molar-refractivity contribution in [1.82, 2.24) is 9.97 Å². The number of nitrogens with zero attached hydrogens (tertiary/aromatic N) is 2. The molecule has 6 nitrogen and oxygen atoms in total. The molecule has 0 bridgehead atoms. The zero-order valence-electron chi connectivity index (χ0n) is 8.44. The van der Waals surface area contributed by atoms with Gasteiger partial charge in [0.05, 0.1) is 13.3 Å². The first-order valence-corrected chi connectivity index (χ1v) is 4.13. The van der Waals surface area contributed by atoms with Gasteiger partial charge in [-0.15, -0.1) is 0 Å². The maximum Gasteiger partial charge on any atom is 0.186 e. The van der Waals surface area contributed by atoms with Crippen LogP contribution in [-0.4, -0.2) is 24.2 Å². The Morgan fingerprint density at radius 3 is 2.71 bits per heavy atom. The molecule has 6 heteroatoms. The summed E-state index contributed by atoms with van der Waals surface area (Å²) in [7, 11) is 3.12. The lowest BCUT2D eigenvalue weighted by Gasteiger charge is -2.11. The average molecular weight is 198 g/mol. The van der Waals surface area contributed by atoms with Crippen LogP contribution < -0.4 is 16.0 Å². The van der Waals surface area contributed by atoms with Crippen LogP contribution in [0.1, 0.15) is 18.9 Å². The lowest BCUT2D eigenvalue weighted by molar-refractivity contribution is 0.112. The highest BCUT2D eigenvalue weighted by molar-refractivity contribution is 5.47. The first kappa shape index (κ1) is 10.7. The highest BCUT2D eigenvalue weighted by Gasteiger charge is 2.11. The van der Waals surface area contributed by atoms with Crippen molar-refractivity contribution in [2.75, 3.05) is 19.6 Å². The van der Waals surface area contributed by atoms with Gasteiger partial charge in [0.2, 0.25) is 0 Å². The molecule has 1 heterocycles. The van der Waals surface area contributed by atoms with E-state index in [9.17, 15) is 0 Å². The standard InChI is InChI=1S/C8H14N4O2/c1-5(13-2)7-10-4-6(14-3)8(11-7)12-9/h4-5H,9H2,1-3H3,(H,10,11,12). The molecule has 0 saturated heterocycles. The van der Waals surface area contributed by atoms with Gasteiger partial charge in [-0.05, 0) is 6.92 Å². The monoisotopic (exact) mass is 198 g/mol. The summed E-state index contributed by atoms with van der Waals surface area (Å²) in [6, 6.07) is 0. The fourth-order valence-corrected chi connectivity index (χ4v) is 0.938. The Labute approximate surface area is 82.4 Å². The predicted molar refractivity (Wildman–Crippen MR) is 51.8 cm³/mol. The number of nitrogen functional groups attached to an aromatic ring is 1. The molecular formula is C8H14N4O2. The summed E-state index contributed by atoms with van der Waals surface area (Å²) in [5.41, 5.74) is 2.43. The molecule has 0 aliphatic carbocycles. The van der Waals surface area contributed by atoms with Crippen LogP contribution in [0, 0.1) is 0 Å². The molecule has 1 aromatic heterocycles. The van der Waals surface area contributed by atoms with Gasteiger partial charge in [0.25, 0.3) is 0 Å². The highest BCUT2D eigenvalue weighted by atomic mass is 16.5. The normalized spacial score (nSPS) is 12.3. The molecule has 0 aromatic carbocycles. The van der Waals surface area contributed by atoms with E-state index in [1.807, 2.05) is 6.92 Å². The lowest BCUT2D eigenvalue weighted by Crippen LogP contribution is -2.13. The number of rotatable bonds is 4. The molecule has 0 fully saturated rings. The highest BCUT2D eigenvalue weighted by Crippen LogP contribution is 2.21. The molecule has 0 spiro atoms. The summed E-state index contributed by atoms with van der Waals surface area (Å²) in [5, 5.41) is 0. The predicted octanol–water partition coefficient (Wildman–Crippen LogP) is 0.478. The molecule has 0 saturated carbocycles. The topological polar surface area (TPSA) is 82.3 Å². The smallest absolute Gasteiger partial charge is 0.186 e. The number of methoxy groups -OCH3 is 2. The minimum atomic E-state index is -0.173. The zero-order chi connectivity index (χ0) is 10.6. The summed E-state index contributed by atoms with van der Waals surface area (Å²) in [6.07, 6.45) is 1.38. The molecular weight excluding hydrogens is 184 g/mol. The van der Waals surface area contributed by atoms with Crippen LogP contribution in [-0.2, 0) is 4.74 Å². The van der Waals surface area contributed by atoms with Gasteiger partial charge in [-0.3, -0.25) is 0 Å². The van der Waals surface area contributed by atoms with Gasteiger partial charge in [-0.25, -0.2) is 15.8 Å². The van der Waals surface area contributed by atoms with Gasteiger partial charge in [0, 0.05) is 7.11 Å². The first-order chi connectivity index (χ1) is 6.72. The Kier molecular flexibility index (Phi) is 3.61. The first-order valence-electron chi connectivity index (χ1n) is 4.13. The molecule has 0 amide bonds. The Morgan fingerprint density at radius 1 is 1.50 bits per heavy atom. The van der Waals surface area contributed by atoms with Gasteiger partial charge >= 0.3 is 0 Å². The summed E-state index contributed by atoms with van der Waals surface area (Å²) in [5.74, 6) is 6.78. The second-order valence-electron chi connectivity index (χ2n) is 2.67. The van der Waals surface area contributed by atoms with Crippen LogP contribution in [0.3, 0.4) is 0 Å². The van der Waals surface area contributed by atoms with Crippen LogP contribution in [0.4, 0.5) is 5.82 Å². The number of hydrazine groups is 1. The van der Waals surface area contributed by atoms with Crippen molar-refractivity contribution >= 4 is 5.82 Å². The summed E-state index contributed by atoms with van der Waals surface area (Å²) in [6.45, 7) is 1.85. The van der Waals surface area contributed by atoms with Crippen LogP contribution in [0.25, 0.3) is 0 Å². The van der Waals surface area contributed by atoms with Gasteiger partial charge in [0.1, 0.15) is 6.10 Å². The number of nitrogens with two attached hydrogens (primary N) is 1. The fourth-order valence-electron chi connectivity index (χ4n) is 0.938. The van der Waals surface area contributed by atoms with E-state index >= 15 is 0 Å². The average Bonchev–Trinajstić information content (AvgIpc) is 2.26. The number of anilines is 1. The van der Waals surface area contributed by atoms with Crippen LogP contribution >= 0.6 is 0 Å². The van der Waals surface area contributed by atoms with E-state index in [1.165, 1.54) is 7.11 Å². The Hall–Kier alpha value is -1.40. The van der Waals surface area contributed by atoms with E-state index in [1.54, 1.807) is 13.3 Å². The number of hydrogen-bond acceptors (Lipinski definition) is 6. The summed E-state index contributed by atoms with van der Waals surface area (Å²) in [4.78, 5) is 8.21. The van der Waals surface area contributed by atoms with Crippen molar-refractivity contribution in [3.05, 3.63) is 12.0 Å². The minimum Gasteiger partial charge on any atom is -0.491 e. The van der Waals surface area contributed by atoms with Crippen LogP contribution in [0.5, 0.6) is 5.75 Å². The number of aromatic nitrogens is 2. The van der Waals surface area contributed by atoms with Gasteiger partial charge in [-0.2, -0.15) is 0 Å². The SMILES string of the molecule is COc1cnc(C(C)OC)nc1NN. The Bertz CT molecular complexity index is 305. The third-order valence-corrected chi connectivity index (χ3v) is 1.85. The minimum absolute atomic E-state index is 0.173. The quantitative estimate of drug-likeness (QED) is 0.541. The molecule has 1 rings (SSSR count). The van der Waals surface area contributed by atoms with Gasteiger partial charge in [-0.1, -0.05) is 0 Å². The molecule has 1 unspecified atom stereocenters. The summed E-state index contributed by atoms with van der Waals surface area (Å²) >= 11 is 0. The maximum absolute atomic E-state index is 5.28. The third kappa shape index (κ3) is 2.09. The molecule has 0 aliphatic heterocycles. The largest absolute Gasteiger partial charge is 0.491 e. The molecule has 1 atom stereocenters. The van der Waals surface area contributed by atoms with Gasteiger partial charge in [0.15, 0.2) is 17.4 Å². The van der Waals surface area contributed by atoms with Crippen molar-refractivity contribution in [2.24, 2.45) is 5.84 Å². The van der Waals surface area contributed by atoms with Crippen molar-refractivity contribution < 1.29 is 9.47 Å². The summed E-state index contributed by atoms with van der Waals surface area (Å²) < 4.78 is 10.1. The number of ether oxygens (including phenoxy) is 2. The second kappa shape index (κ2) is 4.73. The molecule has 78 valence electrons. The molecule has 0 radical (unpaired) electrons. The van der Waals surface area contributed by atoms with E-state index in [0.717, 1.165) is 0 Å². The van der Waals surface area contributed by atoms with Gasteiger partial charge < -0.3 is 14.9 Å². The van der Waals surface area contributed by atoms with Crippen molar-refractivity contribution in [3.8, 4) is 5.75 Å². The van der Waals surface area contributed by atoms with Crippen molar-refractivity contribution in [1.29, 1.82) is 0 Å². The van der Waals surface area contributed by atoms with E-state index in [-0.39, 0.29) is 6.10 Å². The Morgan fingerprint density at radius 2 is 2.21 bits per heavy atom. The lowest BCUT2D eigenvalue weighted by atomic mass is 10.3. The molecule has 3 N–H and O–H groups in total. The zero-order valence-corrected chi connectivity index (χ0v) is 8.44. The van der Waals surface area contributed by atoms with Crippen LogP contribution in [0.2, 0.25) is 0 Å². The second-order valence-corrected chi connectivity index (χ2v) is 2.67. The van der Waals surface area contributed by atoms with Crippen LogP contribution in [0.15, 0.2) is 6.20 Å². The molecule has 14 heavy (non-hydrogen) atoms. The molecule has 1 aromatic rings. The maximum atomic E-state index is 5.28. The van der Waals surface area contributed by atoms with Crippen molar-refractivity contribution in [3.63, 3.8) is 0 Å². The Balaban J connectivity index is 3.01. The van der Waals surface area contributed by atoms with E-state index < -0.39 is 0 Å². The number of hydrogen-bond donors (Lipinski definition) is 2. The van der Waals surface area contributed by atoms with Crippen molar-refractivity contribution in [2.45, 2.75) is 13.0 Å². The molecule has 0 aliphatic rings. The van der Waals surface area contributed by atoms with E-state index in [2.05, 4.69) is 15.4 Å². The van der Waals surface area contributed by atoms with E-state index in [4.69, 9.17) is 15.3 Å². The third-order valence-electron chi connectivity index (χ3n) is 1.85. The van der Waals surface area contributed by atoms with E-state index in [0.29, 0.717) is 17.4 Å². The fraction of sp³-hybridized carbons (Fsp3) is 0.500. The number of nitrogens with one attached hydrogen (secondary N) is 1.